The first-order valence-corrected chi connectivity index (χ1v) is 7.95. The molecule has 1 heterocycles. The molecular formula is C19H20O7. The highest BCUT2D eigenvalue weighted by Crippen LogP contribution is 2.22. The van der Waals surface area contributed by atoms with Gasteiger partial charge >= 0.3 is 11.9 Å². The van der Waals surface area contributed by atoms with Gasteiger partial charge in [-0.25, -0.2) is 4.79 Å². The number of Topliss-reactive ketones (excluding diaryl/α,β-unsaturated/α-hetero) is 1. The molecule has 2 aromatic rings. The Morgan fingerprint density at radius 2 is 1.81 bits per heavy atom. The van der Waals surface area contributed by atoms with Crippen molar-refractivity contribution in [2.75, 3.05) is 14.2 Å². The van der Waals surface area contributed by atoms with Gasteiger partial charge in [0.1, 0.15) is 18.1 Å². The van der Waals surface area contributed by atoms with Gasteiger partial charge in [0.2, 0.25) is 5.76 Å². The molecule has 1 aromatic heterocycles. The van der Waals surface area contributed by atoms with Crippen molar-refractivity contribution >= 4 is 17.7 Å². The Morgan fingerprint density at radius 3 is 2.50 bits per heavy atom. The maximum atomic E-state index is 12.3. The average Bonchev–Trinajstić information content (AvgIpc) is 3.12. The first-order chi connectivity index (χ1) is 12.4. The Hall–Kier alpha value is -3.09. The van der Waals surface area contributed by atoms with Crippen LogP contribution in [-0.2, 0) is 20.9 Å². The number of ether oxygens (including phenoxy) is 3. The van der Waals surface area contributed by atoms with Gasteiger partial charge in [-0.1, -0.05) is 11.6 Å². The smallest absolute Gasteiger partial charge is 0.373 e. The second kappa shape index (κ2) is 8.84. The van der Waals surface area contributed by atoms with E-state index in [2.05, 4.69) is 4.74 Å². The summed E-state index contributed by atoms with van der Waals surface area (Å²) >= 11 is 0. The topological polar surface area (TPSA) is 92.0 Å². The Kier molecular flexibility index (Phi) is 6.54. The van der Waals surface area contributed by atoms with Crippen LogP contribution in [0.15, 0.2) is 34.7 Å². The van der Waals surface area contributed by atoms with Crippen LogP contribution in [0.5, 0.6) is 5.75 Å². The number of carbonyl (C=O) groups is 3. The molecule has 1 aromatic carbocycles. The molecule has 0 unspecified atom stereocenters. The van der Waals surface area contributed by atoms with E-state index in [0.717, 1.165) is 5.56 Å². The molecule has 0 atom stereocenters. The highest BCUT2D eigenvalue weighted by atomic mass is 16.5. The van der Waals surface area contributed by atoms with Crippen LogP contribution < -0.4 is 4.74 Å². The molecule has 2 rings (SSSR count). The van der Waals surface area contributed by atoms with Crippen molar-refractivity contribution in [1.29, 1.82) is 0 Å². The van der Waals surface area contributed by atoms with Crippen molar-refractivity contribution in [2.24, 2.45) is 0 Å². The zero-order valence-corrected chi connectivity index (χ0v) is 14.9. The number of rotatable bonds is 8. The summed E-state index contributed by atoms with van der Waals surface area (Å²) in [7, 11) is 2.73. The van der Waals surface area contributed by atoms with Gasteiger partial charge in [0.05, 0.1) is 26.2 Å². The fourth-order valence-corrected chi connectivity index (χ4v) is 2.28. The van der Waals surface area contributed by atoms with Crippen LogP contribution in [0, 0.1) is 6.92 Å². The van der Waals surface area contributed by atoms with E-state index in [1.807, 2.05) is 13.0 Å². The van der Waals surface area contributed by atoms with E-state index in [0.29, 0.717) is 17.1 Å². The highest BCUT2D eigenvalue weighted by Gasteiger charge is 2.16. The zero-order chi connectivity index (χ0) is 19.1. The Morgan fingerprint density at radius 1 is 1.04 bits per heavy atom. The van der Waals surface area contributed by atoms with E-state index in [1.165, 1.54) is 26.4 Å². The van der Waals surface area contributed by atoms with E-state index < -0.39 is 11.9 Å². The van der Waals surface area contributed by atoms with Gasteiger partial charge in [-0.2, -0.15) is 0 Å². The van der Waals surface area contributed by atoms with Crippen molar-refractivity contribution in [1.82, 2.24) is 0 Å². The second-order valence-corrected chi connectivity index (χ2v) is 5.55. The lowest BCUT2D eigenvalue weighted by molar-refractivity contribution is -0.145. The minimum atomic E-state index is -0.611. The lowest BCUT2D eigenvalue weighted by atomic mass is 10.0. The molecule has 7 nitrogen and oxygen atoms in total. The molecule has 0 spiro atoms. The minimum absolute atomic E-state index is 0.00418. The normalized spacial score (nSPS) is 10.3. The average molecular weight is 360 g/mol. The van der Waals surface area contributed by atoms with Crippen LogP contribution in [0.2, 0.25) is 0 Å². The van der Waals surface area contributed by atoms with E-state index in [4.69, 9.17) is 13.9 Å². The van der Waals surface area contributed by atoms with Crippen LogP contribution in [0.1, 0.15) is 45.1 Å². The number of benzene rings is 1. The molecule has 138 valence electrons. The first kappa shape index (κ1) is 19.2. The van der Waals surface area contributed by atoms with Crippen LogP contribution >= 0.6 is 0 Å². The maximum Gasteiger partial charge on any atom is 0.373 e. The lowest BCUT2D eigenvalue weighted by Crippen LogP contribution is -2.09. The fourth-order valence-electron chi connectivity index (χ4n) is 2.28. The van der Waals surface area contributed by atoms with Gasteiger partial charge < -0.3 is 18.6 Å². The van der Waals surface area contributed by atoms with Crippen LogP contribution in [0.25, 0.3) is 0 Å². The summed E-state index contributed by atoms with van der Waals surface area (Å²) < 4.78 is 19.9. The number of esters is 2. The summed E-state index contributed by atoms with van der Waals surface area (Å²) in [5, 5.41) is 0. The molecule has 0 N–H and O–H groups in total. The quantitative estimate of drug-likeness (QED) is 0.527. The van der Waals surface area contributed by atoms with Gasteiger partial charge in [-0.15, -0.1) is 0 Å². The van der Waals surface area contributed by atoms with Crippen molar-refractivity contribution in [3.05, 3.63) is 53.0 Å². The third-order valence-electron chi connectivity index (χ3n) is 3.64. The monoisotopic (exact) mass is 360 g/mol. The fraction of sp³-hybridized carbons (Fsp3) is 0.316. The predicted octanol–water partition coefficient (Wildman–Crippen LogP) is 3.09. The summed E-state index contributed by atoms with van der Waals surface area (Å²) in [5.41, 5.74) is 1.37. The zero-order valence-electron chi connectivity index (χ0n) is 14.9. The largest absolute Gasteiger partial charge is 0.496 e. The number of ketones is 1. The van der Waals surface area contributed by atoms with Crippen LogP contribution in [0.4, 0.5) is 0 Å². The molecule has 0 amide bonds. The van der Waals surface area contributed by atoms with Crippen molar-refractivity contribution in [2.45, 2.75) is 26.4 Å². The number of furan rings is 1. The third-order valence-corrected chi connectivity index (χ3v) is 3.64. The first-order valence-electron chi connectivity index (χ1n) is 7.95. The molecule has 0 bridgehead atoms. The molecule has 0 saturated heterocycles. The van der Waals surface area contributed by atoms with E-state index in [1.54, 1.807) is 12.1 Å². The van der Waals surface area contributed by atoms with E-state index in [-0.39, 0.29) is 31.0 Å². The third kappa shape index (κ3) is 4.95. The number of aryl methyl sites for hydroxylation is 1. The summed E-state index contributed by atoms with van der Waals surface area (Å²) in [6.45, 7) is 1.74. The van der Waals surface area contributed by atoms with Crippen LogP contribution in [-0.4, -0.2) is 31.9 Å². The standard InChI is InChI=1S/C19H20O7/c1-12-4-7-16(23-2)14(10-12)15(20)6-9-18(21)25-11-13-5-8-17(26-13)19(22)24-3/h4-5,7-8,10H,6,9,11H2,1-3H3. The van der Waals surface area contributed by atoms with Crippen molar-refractivity contribution in [3.8, 4) is 5.75 Å². The molecule has 0 aliphatic heterocycles. The summed E-state index contributed by atoms with van der Waals surface area (Å²) in [6.07, 6.45) is -0.0648. The molecule has 0 aliphatic rings. The number of carbonyl (C=O) groups excluding carboxylic acids is 3. The van der Waals surface area contributed by atoms with Crippen molar-refractivity contribution in [3.63, 3.8) is 0 Å². The van der Waals surface area contributed by atoms with Gasteiger partial charge in [-0.05, 0) is 31.2 Å². The number of methoxy groups -OCH3 is 2. The molecular weight excluding hydrogens is 340 g/mol. The predicted molar refractivity (Wildman–Crippen MR) is 91.1 cm³/mol. The Balaban J connectivity index is 1.85. The molecule has 0 radical (unpaired) electrons. The molecule has 7 heteroatoms. The highest BCUT2D eigenvalue weighted by molar-refractivity contribution is 6.00. The van der Waals surface area contributed by atoms with Gasteiger partial charge in [-0.3, -0.25) is 9.59 Å². The molecule has 26 heavy (non-hydrogen) atoms. The SMILES string of the molecule is COC(=O)c1ccc(COC(=O)CCC(=O)c2cc(C)ccc2OC)o1. The maximum absolute atomic E-state index is 12.3. The molecule has 0 saturated carbocycles. The van der Waals surface area contributed by atoms with Crippen LogP contribution in [0.3, 0.4) is 0 Å². The number of hydrogen-bond acceptors (Lipinski definition) is 7. The summed E-state index contributed by atoms with van der Waals surface area (Å²) in [4.78, 5) is 35.4. The van der Waals surface area contributed by atoms with E-state index in [9.17, 15) is 14.4 Å². The van der Waals surface area contributed by atoms with Gasteiger partial charge in [0, 0.05) is 6.42 Å². The lowest BCUT2D eigenvalue weighted by Gasteiger charge is -2.08. The molecule has 0 fully saturated rings. The van der Waals surface area contributed by atoms with Crippen molar-refractivity contribution < 1.29 is 33.0 Å². The van der Waals surface area contributed by atoms with Gasteiger partial charge in [0.15, 0.2) is 5.78 Å². The second-order valence-electron chi connectivity index (χ2n) is 5.55. The Labute approximate surface area is 150 Å². The molecule has 0 aliphatic carbocycles. The minimum Gasteiger partial charge on any atom is -0.496 e. The number of hydrogen-bond donors (Lipinski definition) is 0. The summed E-state index contributed by atoms with van der Waals surface area (Å²) in [6, 6.07) is 8.24. The van der Waals surface area contributed by atoms with E-state index >= 15 is 0 Å². The Bertz CT molecular complexity index is 804. The van der Waals surface area contributed by atoms with Gasteiger partial charge in [0.25, 0.3) is 0 Å². The summed E-state index contributed by atoms with van der Waals surface area (Å²) in [5.74, 6) is -0.541.